The Kier molecular flexibility index (Phi) is 3.64. The molecule has 0 aliphatic heterocycles. The average molecular weight is 230 g/mol. The van der Waals surface area contributed by atoms with Crippen molar-refractivity contribution in [3.05, 3.63) is 0 Å². The van der Waals surface area contributed by atoms with Crippen molar-refractivity contribution in [3.8, 4) is 0 Å². The van der Waals surface area contributed by atoms with Gasteiger partial charge in [0.1, 0.15) is 0 Å². The monoisotopic (exact) mass is 230 g/mol. The molecule has 0 saturated heterocycles. The molecule has 0 radical (unpaired) electrons. The predicted octanol–water partition coefficient (Wildman–Crippen LogP) is 3.32. The molecule has 0 aromatic heterocycles. The zero-order chi connectivity index (χ0) is 7.65. The number of hydrogen-bond acceptors (Lipinski definition) is 0. The van der Waals surface area contributed by atoms with E-state index in [4.69, 9.17) is 0 Å². The van der Waals surface area contributed by atoms with Crippen LogP contribution in [0, 0.1) is 0 Å². The fraction of sp³-hybridized carbons (Fsp3) is 1.00. The Morgan fingerprint density at radius 1 is 1.11 bits per heavy atom. The summed E-state index contributed by atoms with van der Waals surface area (Å²) in [5, 5.41) is 0. The Hall–Kier alpha value is 0.870. The second-order valence-electron chi connectivity index (χ2n) is 4.40. The van der Waals surface area contributed by atoms with Crippen molar-refractivity contribution in [2.45, 2.75) is 46.1 Å². The van der Waals surface area contributed by atoms with Crippen molar-refractivity contribution in [2.75, 3.05) is 0 Å². The van der Waals surface area contributed by atoms with E-state index in [1.54, 1.807) is 0 Å². The van der Waals surface area contributed by atoms with Crippen molar-refractivity contribution in [3.63, 3.8) is 0 Å². The Morgan fingerprint density at radius 3 is 1.44 bits per heavy atom. The molecule has 0 bridgehead atoms. The molecule has 0 spiro atoms. The summed E-state index contributed by atoms with van der Waals surface area (Å²) in [7, 11) is 0. The van der Waals surface area contributed by atoms with Gasteiger partial charge in [-0.2, -0.15) is 0 Å². The van der Waals surface area contributed by atoms with E-state index in [1.807, 2.05) is 0 Å². The van der Waals surface area contributed by atoms with Crippen LogP contribution in [0.25, 0.3) is 0 Å². The minimum atomic E-state index is -1.12. The van der Waals surface area contributed by atoms with Crippen molar-refractivity contribution in [2.24, 2.45) is 0 Å². The van der Waals surface area contributed by atoms with Gasteiger partial charge in [-0.1, -0.05) is 0 Å². The molecule has 0 aromatic carbocycles. The normalized spacial score (nSPS) is 12.3. The summed E-state index contributed by atoms with van der Waals surface area (Å²) in [5.74, 6) is 0. The molecule has 0 unspecified atom stereocenters. The van der Waals surface area contributed by atoms with Crippen molar-refractivity contribution < 1.29 is 0 Å². The third-order valence-electron chi connectivity index (χ3n) is 2.37. The van der Waals surface area contributed by atoms with Gasteiger partial charge in [0.05, 0.1) is 0 Å². The first-order chi connectivity index (χ1) is 3.85. The van der Waals surface area contributed by atoms with Crippen molar-refractivity contribution in [1.82, 2.24) is 0 Å². The summed E-state index contributed by atoms with van der Waals surface area (Å²) in [5.41, 5.74) is 0. The van der Waals surface area contributed by atoms with Gasteiger partial charge in [-0.25, -0.2) is 0 Å². The van der Waals surface area contributed by atoms with E-state index in [1.165, 1.54) is 0 Å². The van der Waals surface area contributed by atoms with E-state index in [2.05, 4.69) is 39.3 Å². The van der Waals surface area contributed by atoms with Gasteiger partial charge in [-0.3, -0.25) is 0 Å². The van der Waals surface area contributed by atoms with E-state index >= 15 is 0 Å². The molecule has 0 nitrogen and oxygen atoms in total. The summed E-state index contributed by atoms with van der Waals surface area (Å²) < 4.78 is 4.24. The molecule has 0 aromatic rings. The van der Waals surface area contributed by atoms with Crippen LogP contribution >= 0.6 is 0 Å². The molecule has 0 rings (SSSR count). The second-order valence-corrected chi connectivity index (χ2v) is 17.6. The van der Waals surface area contributed by atoms with Crippen LogP contribution in [-0.4, -0.2) is 21.4 Å². The Labute approximate surface area is 67.6 Å². The van der Waals surface area contributed by atoms with Gasteiger partial charge in [0.15, 0.2) is 0 Å². The summed E-state index contributed by atoms with van der Waals surface area (Å²) >= 11 is -1.12. The van der Waals surface area contributed by atoms with Crippen LogP contribution in [0.5, 0.6) is 0 Å². The molecule has 0 aliphatic carbocycles. The van der Waals surface area contributed by atoms with Gasteiger partial charge in [0.25, 0.3) is 0 Å². The van der Waals surface area contributed by atoms with Crippen LogP contribution in [0.1, 0.15) is 34.6 Å². The van der Waals surface area contributed by atoms with E-state index in [0.717, 1.165) is 3.67 Å². The van der Waals surface area contributed by atoms with Crippen molar-refractivity contribution >= 4 is 21.4 Å². The van der Waals surface area contributed by atoms with E-state index in [9.17, 15) is 0 Å². The first-order valence-corrected chi connectivity index (χ1v) is 10.7. The van der Waals surface area contributed by atoms with Crippen LogP contribution in [0.2, 0.25) is 11.5 Å². The van der Waals surface area contributed by atoms with Gasteiger partial charge in [0.2, 0.25) is 0 Å². The third-order valence-corrected chi connectivity index (χ3v) is 15.9. The molecule has 9 heavy (non-hydrogen) atoms. The topological polar surface area (TPSA) is 0 Å². The van der Waals surface area contributed by atoms with Crippen LogP contribution in [-0.2, 0) is 0 Å². The molecule has 1 heteroatoms. The SMILES string of the molecule is C[CH](C)[In]([CH3])[C](C)(C)C. The first kappa shape index (κ1) is 9.87. The van der Waals surface area contributed by atoms with Gasteiger partial charge in [0, 0.05) is 0 Å². The molecule has 0 N–H and O–H groups in total. The Morgan fingerprint density at radius 2 is 1.44 bits per heavy atom. The molecular formula is C8H19In. The van der Waals surface area contributed by atoms with Gasteiger partial charge < -0.3 is 0 Å². The summed E-state index contributed by atoms with van der Waals surface area (Å²) in [6, 6.07) is 0. The van der Waals surface area contributed by atoms with Gasteiger partial charge in [-0.05, 0) is 0 Å². The summed E-state index contributed by atoms with van der Waals surface area (Å²) in [6.07, 6.45) is 0. The fourth-order valence-corrected chi connectivity index (χ4v) is 6.71. The molecule has 0 fully saturated rings. The average Bonchev–Trinajstić information content (AvgIpc) is 1.62. The molecule has 0 aliphatic rings. The first-order valence-electron chi connectivity index (χ1n) is 3.85. The summed E-state index contributed by atoms with van der Waals surface area (Å²) in [4.78, 5) is 0. The Bertz CT molecular complexity index is 79.1. The third kappa shape index (κ3) is 3.54. The molecule has 54 valence electrons. The Balaban J connectivity index is 3.88. The molecule has 0 atom stereocenters. The molecular weight excluding hydrogens is 211 g/mol. The van der Waals surface area contributed by atoms with Crippen LogP contribution < -0.4 is 0 Å². The van der Waals surface area contributed by atoms with Crippen LogP contribution in [0.3, 0.4) is 0 Å². The predicted molar refractivity (Wildman–Crippen MR) is 46.4 cm³/mol. The van der Waals surface area contributed by atoms with Crippen LogP contribution in [0.4, 0.5) is 0 Å². The van der Waals surface area contributed by atoms with Gasteiger partial charge in [-0.15, -0.1) is 0 Å². The van der Waals surface area contributed by atoms with Gasteiger partial charge >= 0.3 is 67.6 Å². The zero-order valence-corrected chi connectivity index (χ0v) is 11.0. The minimum absolute atomic E-state index is 0.690. The molecule has 0 heterocycles. The number of hydrogen-bond donors (Lipinski definition) is 0. The zero-order valence-electron chi connectivity index (χ0n) is 7.65. The number of rotatable bonds is 1. The molecule has 0 saturated carbocycles. The van der Waals surface area contributed by atoms with E-state index in [0.29, 0.717) is 3.17 Å². The summed E-state index contributed by atoms with van der Waals surface area (Å²) in [6.45, 7) is 12.0. The fourth-order valence-electron chi connectivity index (χ4n) is 1.00. The standard InChI is InChI=1S/C4H9.C3H7.CH3.In/c1-4(2)3;1-3-2;;/h1-3H3;3H,1-2H3;1H3;. The van der Waals surface area contributed by atoms with Crippen molar-refractivity contribution in [1.29, 1.82) is 0 Å². The quantitative estimate of drug-likeness (QED) is 0.648. The van der Waals surface area contributed by atoms with E-state index < -0.39 is 21.4 Å². The van der Waals surface area contributed by atoms with E-state index in [-0.39, 0.29) is 0 Å². The van der Waals surface area contributed by atoms with Crippen LogP contribution in [0.15, 0.2) is 0 Å². The maximum atomic E-state index is 2.53. The maximum absolute atomic E-state index is 2.53. The second kappa shape index (κ2) is 3.32. The molecule has 0 amide bonds.